The standard InChI is InChI=1S/C10H15.C9H10N3.Ir/c1-7-6-10(4,5)9(3)8(7)2;1-7-2-3-10-8(6-7)9-11-4-5-12-9;/h1-5H3;2-3H,4-5H2,1H3,(H,11,12);/q2*-1;. The van der Waals surface area contributed by atoms with Crippen LogP contribution in [-0.4, -0.2) is 23.9 Å². The second-order valence-electron chi connectivity index (χ2n) is 6.38. The summed E-state index contributed by atoms with van der Waals surface area (Å²) in [6.07, 6.45) is 5.22. The minimum Gasteiger partial charge on any atom is -0.418 e. The van der Waals surface area contributed by atoms with E-state index in [1.54, 1.807) is 6.20 Å². The summed E-state index contributed by atoms with van der Waals surface area (Å²) in [7, 11) is 0. The third kappa shape index (κ3) is 4.86. The normalized spacial score (nSPS) is 18.3. The Morgan fingerprint density at radius 2 is 1.87 bits per heavy atom. The molecule has 1 radical (unpaired) electrons. The summed E-state index contributed by atoms with van der Waals surface area (Å²) in [5, 5.41) is 3.16. The zero-order chi connectivity index (χ0) is 16.3. The summed E-state index contributed by atoms with van der Waals surface area (Å²) in [5.74, 6) is 0.874. The third-order valence-electron chi connectivity index (χ3n) is 4.30. The third-order valence-corrected chi connectivity index (χ3v) is 4.30. The summed E-state index contributed by atoms with van der Waals surface area (Å²) in [6.45, 7) is 14.7. The summed E-state index contributed by atoms with van der Waals surface area (Å²) in [5.41, 5.74) is 6.31. The van der Waals surface area contributed by atoms with Crippen molar-refractivity contribution in [1.29, 1.82) is 0 Å². The number of amidine groups is 1. The van der Waals surface area contributed by atoms with Crippen LogP contribution in [0.3, 0.4) is 0 Å². The quantitative estimate of drug-likeness (QED) is 0.614. The fourth-order valence-corrected chi connectivity index (χ4v) is 2.57. The molecule has 2 aliphatic rings. The Balaban J connectivity index is 0.000000224. The van der Waals surface area contributed by atoms with Crippen molar-refractivity contribution >= 4 is 5.84 Å². The molecule has 3 nitrogen and oxygen atoms in total. The Morgan fingerprint density at radius 3 is 2.26 bits per heavy atom. The first-order valence-corrected chi connectivity index (χ1v) is 7.75. The van der Waals surface area contributed by atoms with Crippen LogP contribution >= 0.6 is 0 Å². The average Bonchev–Trinajstić information content (AvgIpc) is 3.05. The first-order chi connectivity index (χ1) is 10.3. The van der Waals surface area contributed by atoms with Crippen molar-refractivity contribution in [2.45, 2.75) is 41.5 Å². The van der Waals surface area contributed by atoms with Gasteiger partial charge in [0.05, 0.1) is 0 Å². The molecule has 0 aromatic carbocycles. The van der Waals surface area contributed by atoms with Gasteiger partial charge in [-0.2, -0.15) is 16.7 Å². The van der Waals surface area contributed by atoms with E-state index in [-0.39, 0.29) is 25.5 Å². The fraction of sp³-hybridized carbons (Fsp3) is 0.474. The van der Waals surface area contributed by atoms with E-state index in [1.807, 2.05) is 13.0 Å². The molecule has 23 heavy (non-hydrogen) atoms. The second kappa shape index (κ2) is 8.03. The maximum atomic E-state index is 4.26. The zero-order valence-electron chi connectivity index (χ0n) is 14.8. The van der Waals surface area contributed by atoms with Gasteiger partial charge >= 0.3 is 0 Å². The Kier molecular flexibility index (Phi) is 6.91. The maximum absolute atomic E-state index is 4.26. The smallest absolute Gasteiger partial charge is 0.0453 e. The number of allylic oxidation sites excluding steroid dienone is 4. The molecular weight excluding hydrogens is 462 g/mol. The topological polar surface area (TPSA) is 37.3 Å². The van der Waals surface area contributed by atoms with Gasteiger partial charge in [0.2, 0.25) is 0 Å². The molecule has 0 bridgehead atoms. The predicted molar refractivity (Wildman–Crippen MR) is 91.8 cm³/mol. The van der Waals surface area contributed by atoms with Gasteiger partial charge < -0.3 is 10.3 Å². The van der Waals surface area contributed by atoms with Gasteiger partial charge in [0.1, 0.15) is 0 Å². The van der Waals surface area contributed by atoms with Crippen LogP contribution in [0.25, 0.3) is 0 Å². The summed E-state index contributed by atoms with van der Waals surface area (Å²) in [4.78, 5) is 8.43. The van der Waals surface area contributed by atoms with Crippen LogP contribution in [0.15, 0.2) is 34.0 Å². The molecule has 0 amide bonds. The number of hydrogen-bond acceptors (Lipinski definition) is 3. The van der Waals surface area contributed by atoms with Gasteiger partial charge in [-0.25, -0.2) is 5.57 Å². The number of aromatic nitrogens is 1. The molecule has 2 heterocycles. The van der Waals surface area contributed by atoms with Gasteiger partial charge in [-0.15, -0.1) is 19.1 Å². The van der Waals surface area contributed by atoms with Crippen LogP contribution in [0.2, 0.25) is 0 Å². The molecule has 1 aliphatic carbocycles. The Bertz CT molecular complexity index is 654. The Hall–Kier alpha value is -1.25. The van der Waals surface area contributed by atoms with Crippen molar-refractivity contribution in [3.05, 3.63) is 52.4 Å². The largest absolute Gasteiger partial charge is 0.418 e. The van der Waals surface area contributed by atoms with Crippen LogP contribution in [0.5, 0.6) is 0 Å². The van der Waals surface area contributed by atoms with E-state index in [0.29, 0.717) is 0 Å². The monoisotopic (exact) mass is 488 g/mol. The van der Waals surface area contributed by atoms with Gasteiger partial charge in [-0.05, 0) is 11.9 Å². The number of pyridine rings is 1. The maximum Gasteiger partial charge on any atom is 0.0453 e. The molecule has 3 rings (SSSR count). The van der Waals surface area contributed by atoms with Crippen molar-refractivity contribution < 1.29 is 20.1 Å². The van der Waals surface area contributed by atoms with Crippen molar-refractivity contribution in [2.75, 3.05) is 13.1 Å². The predicted octanol–water partition coefficient (Wildman–Crippen LogP) is 3.65. The van der Waals surface area contributed by atoms with Crippen LogP contribution in [-0.2, 0) is 20.1 Å². The number of hydrogen-bond donors (Lipinski definition) is 1. The minimum atomic E-state index is 0. The molecule has 1 aromatic heterocycles. The molecule has 1 N–H and O–H groups in total. The van der Waals surface area contributed by atoms with Crippen molar-refractivity contribution in [3.63, 3.8) is 0 Å². The summed E-state index contributed by atoms with van der Waals surface area (Å²) >= 11 is 0. The molecule has 1 aliphatic heterocycles. The van der Waals surface area contributed by atoms with Gasteiger partial charge in [-0.1, -0.05) is 40.0 Å². The van der Waals surface area contributed by atoms with Crippen molar-refractivity contribution in [1.82, 2.24) is 10.3 Å². The van der Waals surface area contributed by atoms with E-state index in [0.717, 1.165) is 30.2 Å². The molecule has 0 fully saturated rings. The first kappa shape index (κ1) is 19.8. The molecule has 0 atom stereocenters. The van der Waals surface area contributed by atoms with Gasteiger partial charge in [0.25, 0.3) is 0 Å². The SMILES string of the molecule is CC1=[C-]C(C)(C)C(C)=C1C.Cc1[c-]c(C2=NCCN2)ncc1.[Ir]. The van der Waals surface area contributed by atoms with Crippen LogP contribution in [0.1, 0.15) is 45.9 Å². The molecule has 0 unspecified atom stereocenters. The van der Waals surface area contributed by atoms with E-state index in [4.69, 9.17) is 0 Å². The molecule has 127 valence electrons. The van der Waals surface area contributed by atoms with Gasteiger partial charge in [0.15, 0.2) is 0 Å². The van der Waals surface area contributed by atoms with E-state index >= 15 is 0 Å². The molecule has 4 heteroatoms. The van der Waals surface area contributed by atoms with Gasteiger partial charge in [0, 0.05) is 39.0 Å². The second-order valence-corrected chi connectivity index (χ2v) is 6.38. The molecule has 0 spiro atoms. The number of aryl methyl sites for hydroxylation is 1. The Labute approximate surface area is 153 Å². The number of rotatable bonds is 1. The van der Waals surface area contributed by atoms with Crippen molar-refractivity contribution in [2.24, 2.45) is 10.4 Å². The number of nitrogens with one attached hydrogen (secondary N) is 1. The number of aliphatic imine (C=N–C) groups is 1. The first-order valence-electron chi connectivity index (χ1n) is 7.75. The summed E-state index contributed by atoms with van der Waals surface area (Å²) < 4.78 is 0. The van der Waals surface area contributed by atoms with Crippen LogP contribution in [0.4, 0.5) is 0 Å². The van der Waals surface area contributed by atoms with Gasteiger partial charge in [-0.3, -0.25) is 11.1 Å². The van der Waals surface area contributed by atoms with E-state index in [2.05, 4.69) is 62.1 Å². The average molecular weight is 488 g/mol. The Morgan fingerprint density at radius 1 is 1.17 bits per heavy atom. The molecule has 0 saturated carbocycles. The minimum absolute atomic E-state index is 0. The zero-order valence-corrected chi connectivity index (χ0v) is 17.2. The summed E-state index contributed by atoms with van der Waals surface area (Å²) in [6, 6.07) is 5.07. The van der Waals surface area contributed by atoms with E-state index < -0.39 is 0 Å². The molecule has 0 saturated heterocycles. The van der Waals surface area contributed by atoms with Crippen molar-refractivity contribution in [3.8, 4) is 0 Å². The van der Waals surface area contributed by atoms with E-state index in [1.165, 1.54) is 16.7 Å². The number of nitrogens with zero attached hydrogens (tertiary/aromatic N) is 2. The van der Waals surface area contributed by atoms with E-state index in [9.17, 15) is 0 Å². The molecular formula is C19H25IrN3-2. The fourth-order valence-electron chi connectivity index (χ4n) is 2.57. The molecule has 1 aromatic rings. The van der Waals surface area contributed by atoms with Crippen LogP contribution < -0.4 is 5.32 Å². The van der Waals surface area contributed by atoms with Crippen LogP contribution in [0, 0.1) is 24.5 Å².